The van der Waals surface area contributed by atoms with Gasteiger partial charge in [-0.15, -0.1) is 0 Å². The molecular weight excluding hydrogens is 398 g/mol. The van der Waals surface area contributed by atoms with E-state index in [1.165, 1.54) is 0 Å². The van der Waals surface area contributed by atoms with Gasteiger partial charge in [-0.1, -0.05) is 23.7 Å². The molecule has 0 saturated carbocycles. The number of aryl methyl sites for hydroxylation is 2. The second-order valence-corrected chi connectivity index (χ2v) is 8.24. The van der Waals surface area contributed by atoms with Crippen LogP contribution in [0, 0.1) is 6.92 Å². The predicted molar refractivity (Wildman–Crippen MR) is 122 cm³/mol. The molecule has 0 radical (unpaired) electrons. The lowest BCUT2D eigenvalue weighted by molar-refractivity contribution is -0.116. The van der Waals surface area contributed by atoms with Crippen molar-refractivity contribution in [3.05, 3.63) is 58.7 Å². The summed E-state index contributed by atoms with van der Waals surface area (Å²) in [5.41, 5.74) is 3.68. The number of anilines is 2. The number of likely N-dealkylation sites (N-methyl/N-ethyl adjacent to an activating group) is 1. The molecule has 1 saturated heterocycles. The van der Waals surface area contributed by atoms with Crippen LogP contribution in [0.15, 0.2) is 42.5 Å². The minimum absolute atomic E-state index is 0.0167. The fraction of sp³-hybridized carbons (Fsp3) is 0.348. The van der Waals surface area contributed by atoms with Crippen LogP contribution in [0.3, 0.4) is 0 Å². The van der Waals surface area contributed by atoms with Crippen LogP contribution in [0.5, 0.6) is 0 Å². The molecule has 1 fully saturated rings. The van der Waals surface area contributed by atoms with E-state index in [-0.39, 0.29) is 5.91 Å². The fourth-order valence-corrected chi connectivity index (χ4v) is 3.75. The van der Waals surface area contributed by atoms with E-state index in [1.54, 1.807) is 0 Å². The number of nitrogens with one attached hydrogen (secondary N) is 1. The number of halogens is 1. The van der Waals surface area contributed by atoms with E-state index in [2.05, 4.69) is 22.2 Å². The van der Waals surface area contributed by atoms with E-state index < -0.39 is 0 Å². The van der Waals surface area contributed by atoms with Crippen molar-refractivity contribution in [2.24, 2.45) is 0 Å². The van der Waals surface area contributed by atoms with Gasteiger partial charge in [0.1, 0.15) is 0 Å². The van der Waals surface area contributed by atoms with Gasteiger partial charge in [-0.05, 0) is 56.3 Å². The Morgan fingerprint density at radius 1 is 1.07 bits per heavy atom. The smallest absolute Gasteiger partial charge is 0.226 e. The van der Waals surface area contributed by atoms with Gasteiger partial charge in [-0.25, -0.2) is 9.97 Å². The quantitative estimate of drug-likeness (QED) is 0.674. The molecule has 1 aliphatic rings. The number of piperazine rings is 1. The summed E-state index contributed by atoms with van der Waals surface area (Å²) in [5, 5.41) is 4.65. The highest BCUT2D eigenvalue weighted by molar-refractivity contribution is 6.30. The summed E-state index contributed by atoms with van der Waals surface area (Å²) in [6, 6.07) is 13.4. The van der Waals surface area contributed by atoms with E-state index in [0.717, 1.165) is 60.0 Å². The van der Waals surface area contributed by atoms with Crippen LogP contribution >= 0.6 is 11.6 Å². The third kappa shape index (κ3) is 4.89. The summed E-state index contributed by atoms with van der Waals surface area (Å²) in [6.07, 6.45) is 1.09. The molecule has 0 spiro atoms. The molecule has 30 heavy (non-hydrogen) atoms. The molecule has 2 heterocycles. The number of amides is 1. The third-order valence-electron chi connectivity index (χ3n) is 5.50. The average molecular weight is 424 g/mol. The molecule has 3 aromatic rings. The Labute approximate surface area is 181 Å². The summed E-state index contributed by atoms with van der Waals surface area (Å²) in [6.45, 7) is 5.89. The topological polar surface area (TPSA) is 61.4 Å². The lowest BCUT2D eigenvalue weighted by Crippen LogP contribution is -2.45. The maximum absolute atomic E-state index is 12.4. The highest BCUT2D eigenvalue weighted by Crippen LogP contribution is 2.23. The summed E-state index contributed by atoms with van der Waals surface area (Å²) < 4.78 is 0. The highest BCUT2D eigenvalue weighted by atomic mass is 35.5. The monoisotopic (exact) mass is 423 g/mol. The van der Waals surface area contributed by atoms with Crippen molar-refractivity contribution in [1.29, 1.82) is 0 Å². The molecule has 0 unspecified atom stereocenters. The Morgan fingerprint density at radius 3 is 2.53 bits per heavy atom. The number of aromatic nitrogens is 2. The van der Waals surface area contributed by atoms with Crippen molar-refractivity contribution >= 4 is 40.0 Å². The highest BCUT2D eigenvalue weighted by Gasteiger charge is 2.18. The van der Waals surface area contributed by atoms with Gasteiger partial charge in [0.05, 0.1) is 11.2 Å². The summed E-state index contributed by atoms with van der Waals surface area (Å²) >= 11 is 5.91. The number of hydrogen-bond acceptors (Lipinski definition) is 5. The molecule has 0 aliphatic carbocycles. The van der Waals surface area contributed by atoms with Crippen LogP contribution in [0.4, 0.5) is 11.6 Å². The van der Waals surface area contributed by atoms with Crippen molar-refractivity contribution in [3.8, 4) is 0 Å². The van der Waals surface area contributed by atoms with Gasteiger partial charge < -0.3 is 15.1 Å². The summed E-state index contributed by atoms with van der Waals surface area (Å²) in [5.74, 6) is 0.768. The van der Waals surface area contributed by atoms with Crippen LogP contribution in [-0.2, 0) is 11.2 Å². The molecule has 0 atom stereocenters. The Hall–Kier alpha value is -2.70. The maximum Gasteiger partial charge on any atom is 0.226 e. The van der Waals surface area contributed by atoms with Gasteiger partial charge in [0, 0.05) is 48.7 Å². The van der Waals surface area contributed by atoms with Crippen LogP contribution in [0.25, 0.3) is 10.9 Å². The fourth-order valence-electron chi connectivity index (χ4n) is 3.62. The molecule has 1 amide bonds. The first kappa shape index (κ1) is 20.6. The zero-order chi connectivity index (χ0) is 21.1. The molecule has 0 bridgehead atoms. The number of hydrogen-bond donors (Lipinski definition) is 1. The molecule has 4 rings (SSSR count). The maximum atomic E-state index is 12.4. The first-order valence-corrected chi connectivity index (χ1v) is 10.6. The van der Waals surface area contributed by atoms with Gasteiger partial charge in [0.2, 0.25) is 11.9 Å². The number of nitrogens with zero attached hydrogens (tertiary/aromatic N) is 4. The van der Waals surface area contributed by atoms with E-state index in [0.29, 0.717) is 17.9 Å². The number of benzene rings is 2. The Morgan fingerprint density at radius 2 is 1.80 bits per heavy atom. The van der Waals surface area contributed by atoms with Gasteiger partial charge in [0.15, 0.2) is 0 Å². The Kier molecular flexibility index (Phi) is 6.16. The van der Waals surface area contributed by atoms with Gasteiger partial charge >= 0.3 is 0 Å². The molecule has 1 N–H and O–H groups in total. The molecule has 2 aromatic carbocycles. The van der Waals surface area contributed by atoms with Crippen LogP contribution in [0.2, 0.25) is 5.02 Å². The van der Waals surface area contributed by atoms with Crippen molar-refractivity contribution in [3.63, 3.8) is 0 Å². The van der Waals surface area contributed by atoms with Gasteiger partial charge in [0.25, 0.3) is 0 Å². The minimum atomic E-state index is -0.0167. The Balaban J connectivity index is 1.43. The molecule has 7 heteroatoms. The second kappa shape index (κ2) is 8.98. The van der Waals surface area contributed by atoms with E-state index in [9.17, 15) is 4.79 Å². The molecule has 1 aliphatic heterocycles. The third-order valence-corrected chi connectivity index (χ3v) is 5.75. The number of fused-ring (bicyclic) bond motifs is 1. The zero-order valence-corrected chi connectivity index (χ0v) is 18.1. The summed E-state index contributed by atoms with van der Waals surface area (Å²) in [4.78, 5) is 26.4. The van der Waals surface area contributed by atoms with Crippen molar-refractivity contribution in [2.45, 2.75) is 19.8 Å². The lowest BCUT2D eigenvalue weighted by atomic mass is 10.1. The minimum Gasteiger partial charge on any atom is -0.338 e. The van der Waals surface area contributed by atoms with Gasteiger partial charge in [-0.2, -0.15) is 0 Å². The summed E-state index contributed by atoms with van der Waals surface area (Å²) in [7, 11) is 2.13. The zero-order valence-electron chi connectivity index (χ0n) is 17.4. The number of carbonyl (C=O) groups excluding carboxylic acids is 1. The van der Waals surface area contributed by atoms with E-state index in [4.69, 9.17) is 21.6 Å². The predicted octanol–water partition coefficient (Wildman–Crippen LogP) is 3.91. The van der Waals surface area contributed by atoms with Crippen molar-refractivity contribution < 1.29 is 4.79 Å². The second-order valence-electron chi connectivity index (χ2n) is 7.81. The first-order chi connectivity index (χ1) is 14.5. The van der Waals surface area contributed by atoms with E-state index >= 15 is 0 Å². The normalized spacial score (nSPS) is 14.8. The van der Waals surface area contributed by atoms with Crippen molar-refractivity contribution in [2.75, 3.05) is 43.4 Å². The van der Waals surface area contributed by atoms with Crippen LogP contribution < -0.4 is 10.2 Å². The number of rotatable bonds is 5. The lowest BCUT2D eigenvalue weighted by Gasteiger charge is -2.32. The molecular formula is C23H26ClN5O. The van der Waals surface area contributed by atoms with Crippen LogP contribution in [0.1, 0.15) is 17.7 Å². The average Bonchev–Trinajstić information content (AvgIpc) is 2.74. The Bertz CT molecular complexity index is 1050. The largest absolute Gasteiger partial charge is 0.338 e. The first-order valence-electron chi connectivity index (χ1n) is 10.2. The standard InChI is InChI=1S/C23H26ClN5O/c1-16-20-15-19(26-22(30)10-5-17-3-6-18(24)7-4-17)8-9-21(20)27-23(25-16)29-13-11-28(2)12-14-29/h3-4,6-9,15H,5,10-14H2,1-2H3,(H,26,30). The van der Waals surface area contributed by atoms with Crippen molar-refractivity contribution in [1.82, 2.24) is 14.9 Å². The number of carbonyl (C=O) groups is 1. The van der Waals surface area contributed by atoms with Crippen LogP contribution in [-0.4, -0.2) is 54.0 Å². The SMILES string of the molecule is Cc1nc(N2CCN(C)CC2)nc2ccc(NC(=O)CCc3ccc(Cl)cc3)cc12. The molecule has 156 valence electrons. The molecule has 1 aromatic heterocycles. The molecule has 6 nitrogen and oxygen atoms in total. The van der Waals surface area contributed by atoms with Gasteiger partial charge in [-0.3, -0.25) is 4.79 Å². The van der Waals surface area contributed by atoms with E-state index in [1.807, 2.05) is 49.4 Å².